The molecular formula is C50H31N7. The Bertz CT molecular complexity index is 3000. The first kappa shape index (κ1) is 33.5. The Morgan fingerprint density at radius 3 is 1.42 bits per heavy atom. The van der Waals surface area contributed by atoms with E-state index in [-0.39, 0.29) is 0 Å². The summed E-state index contributed by atoms with van der Waals surface area (Å²) in [5, 5.41) is 11.9. The van der Waals surface area contributed by atoms with Crippen LogP contribution in [0.3, 0.4) is 0 Å². The lowest BCUT2D eigenvalue weighted by Crippen LogP contribution is -2.04. The van der Waals surface area contributed by atoms with Crippen molar-refractivity contribution >= 4 is 21.8 Å². The molecule has 0 saturated carbocycles. The van der Waals surface area contributed by atoms with Gasteiger partial charge in [-0.15, -0.1) is 0 Å². The lowest BCUT2D eigenvalue weighted by atomic mass is 10.0. The van der Waals surface area contributed by atoms with Gasteiger partial charge >= 0.3 is 0 Å². The Hall–Kier alpha value is -8.08. The van der Waals surface area contributed by atoms with Crippen LogP contribution in [0, 0.1) is 11.3 Å². The quantitative estimate of drug-likeness (QED) is 0.162. The summed E-state index contributed by atoms with van der Waals surface area (Å²) in [7, 11) is 0. The number of rotatable bonds is 7. The zero-order chi connectivity index (χ0) is 38.1. The van der Waals surface area contributed by atoms with Gasteiger partial charge in [-0.2, -0.15) is 5.26 Å². The monoisotopic (exact) mass is 729 g/mol. The van der Waals surface area contributed by atoms with E-state index in [1.54, 1.807) is 0 Å². The van der Waals surface area contributed by atoms with E-state index in [1.165, 1.54) is 0 Å². The molecule has 3 aromatic heterocycles. The minimum atomic E-state index is 0.527. The predicted molar refractivity (Wildman–Crippen MR) is 227 cm³/mol. The molecule has 0 radical (unpaired) electrons. The highest BCUT2D eigenvalue weighted by Crippen LogP contribution is 2.39. The van der Waals surface area contributed by atoms with Gasteiger partial charge < -0.3 is 4.57 Å². The molecule has 0 atom stereocenters. The standard InChI is InChI=1S/C50H31N7/c51-32-33-25-27-45-40(29-33)39-23-13-14-24-44(39)57(45)46-28-26-38(49-55-47(36-19-9-3-10-20-36)54-48(56-49)37-21-11-4-12-22-37)30-41(46)50-52-42(34-15-5-1-6-16-34)31-43(53-50)35-17-7-2-8-18-35/h1-31H. The molecule has 266 valence electrons. The van der Waals surface area contributed by atoms with Crippen LogP contribution in [-0.4, -0.2) is 29.5 Å². The van der Waals surface area contributed by atoms with Crippen molar-refractivity contribution in [3.8, 4) is 79.8 Å². The fourth-order valence-electron chi connectivity index (χ4n) is 7.37. The largest absolute Gasteiger partial charge is 0.308 e. The van der Waals surface area contributed by atoms with Crippen LogP contribution in [0.1, 0.15) is 5.56 Å². The molecule has 0 fully saturated rings. The van der Waals surface area contributed by atoms with Crippen molar-refractivity contribution in [2.24, 2.45) is 0 Å². The first-order valence-electron chi connectivity index (χ1n) is 18.7. The van der Waals surface area contributed by atoms with Gasteiger partial charge in [0, 0.05) is 44.2 Å². The summed E-state index contributed by atoms with van der Waals surface area (Å²) < 4.78 is 2.24. The number of hydrogen-bond acceptors (Lipinski definition) is 6. The van der Waals surface area contributed by atoms with Crippen molar-refractivity contribution in [3.05, 3.63) is 194 Å². The van der Waals surface area contributed by atoms with E-state index in [0.29, 0.717) is 28.9 Å². The van der Waals surface area contributed by atoms with Crippen LogP contribution in [0.5, 0.6) is 0 Å². The fourth-order valence-corrected chi connectivity index (χ4v) is 7.37. The van der Waals surface area contributed by atoms with Crippen LogP contribution in [0.25, 0.3) is 95.6 Å². The van der Waals surface area contributed by atoms with E-state index in [1.807, 2.05) is 133 Å². The second-order valence-electron chi connectivity index (χ2n) is 13.7. The summed E-state index contributed by atoms with van der Waals surface area (Å²) in [6.07, 6.45) is 0. The van der Waals surface area contributed by atoms with E-state index in [2.05, 4.69) is 65.2 Å². The highest BCUT2D eigenvalue weighted by Gasteiger charge is 2.21. The summed E-state index contributed by atoms with van der Waals surface area (Å²) in [4.78, 5) is 25.7. The summed E-state index contributed by atoms with van der Waals surface area (Å²) >= 11 is 0. The van der Waals surface area contributed by atoms with Gasteiger partial charge in [-0.1, -0.05) is 140 Å². The van der Waals surface area contributed by atoms with E-state index in [4.69, 9.17) is 24.9 Å². The van der Waals surface area contributed by atoms with Crippen molar-refractivity contribution in [2.75, 3.05) is 0 Å². The third-order valence-corrected chi connectivity index (χ3v) is 10.1. The molecule has 3 heterocycles. The molecule has 7 aromatic carbocycles. The van der Waals surface area contributed by atoms with Crippen molar-refractivity contribution in [1.29, 1.82) is 5.26 Å². The van der Waals surface area contributed by atoms with Crippen LogP contribution < -0.4 is 0 Å². The van der Waals surface area contributed by atoms with Crippen LogP contribution in [0.2, 0.25) is 0 Å². The summed E-state index contributed by atoms with van der Waals surface area (Å²) in [5.74, 6) is 2.23. The Balaban J connectivity index is 1.27. The number of nitriles is 1. The number of aromatic nitrogens is 6. The van der Waals surface area contributed by atoms with Crippen molar-refractivity contribution in [2.45, 2.75) is 0 Å². The molecule has 10 aromatic rings. The maximum absolute atomic E-state index is 9.86. The Labute approximate surface area is 328 Å². The molecule has 0 saturated heterocycles. The van der Waals surface area contributed by atoms with Gasteiger partial charge in [-0.25, -0.2) is 24.9 Å². The molecule has 0 unspecified atom stereocenters. The molecule has 10 rings (SSSR count). The maximum Gasteiger partial charge on any atom is 0.164 e. The molecule has 0 aliphatic heterocycles. The average molecular weight is 730 g/mol. The lowest BCUT2D eigenvalue weighted by molar-refractivity contribution is 1.07. The van der Waals surface area contributed by atoms with E-state index >= 15 is 0 Å². The van der Waals surface area contributed by atoms with Crippen LogP contribution in [-0.2, 0) is 0 Å². The summed E-state index contributed by atoms with van der Waals surface area (Å²) in [6.45, 7) is 0. The third-order valence-electron chi connectivity index (χ3n) is 10.1. The van der Waals surface area contributed by atoms with Crippen LogP contribution in [0.15, 0.2) is 188 Å². The Kier molecular flexibility index (Phi) is 8.40. The normalized spacial score (nSPS) is 11.1. The van der Waals surface area contributed by atoms with E-state index in [0.717, 1.165) is 72.3 Å². The molecule has 7 heteroatoms. The number of nitrogens with zero attached hydrogens (tertiary/aromatic N) is 7. The zero-order valence-corrected chi connectivity index (χ0v) is 30.5. The molecule has 0 aliphatic carbocycles. The van der Waals surface area contributed by atoms with Crippen molar-refractivity contribution in [3.63, 3.8) is 0 Å². The predicted octanol–water partition coefficient (Wildman–Crippen LogP) is 11.6. The van der Waals surface area contributed by atoms with Gasteiger partial charge in [0.1, 0.15) is 0 Å². The lowest BCUT2D eigenvalue weighted by Gasteiger charge is -2.17. The Morgan fingerprint density at radius 2 is 0.860 bits per heavy atom. The van der Waals surface area contributed by atoms with E-state index < -0.39 is 0 Å². The maximum atomic E-state index is 9.86. The van der Waals surface area contributed by atoms with Crippen molar-refractivity contribution in [1.82, 2.24) is 29.5 Å². The molecule has 0 spiro atoms. The smallest absolute Gasteiger partial charge is 0.164 e. The SMILES string of the molecule is N#Cc1ccc2c(c1)c1ccccc1n2-c1ccc(-c2nc(-c3ccccc3)nc(-c3ccccc3)n2)cc1-c1nc(-c2ccccc2)cc(-c2ccccc2)n1. The number of fused-ring (bicyclic) bond motifs is 3. The molecule has 0 aliphatic rings. The molecule has 57 heavy (non-hydrogen) atoms. The van der Waals surface area contributed by atoms with Gasteiger partial charge in [0.2, 0.25) is 0 Å². The zero-order valence-electron chi connectivity index (χ0n) is 30.5. The second kappa shape index (κ2) is 14.3. The summed E-state index contributed by atoms with van der Waals surface area (Å²) in [5.41, 5.74) is 10.4. The fraction of sp³-hybridized carbons (Fsp3) is 0. The molecular weight excluding hydrogens is 699 g/mol. The first-order chi connectivity index (χ1) is 28.2. The number of hydrogen-bond donors (Lipinski definition) is 0. The minimum absolute atomic E-state index is 0.527. The minimum Gasteiger partial charge on any atom is -0.308 e. The average Bonchev–Trinajstić information content (AvgIpc) is 3.63. The Morgan fingerprint density at radius 1 is 0.368 bits per heavy atom. The van der Waals surface area contributed by atoms with Crippen LogP contribution in [0.4, 0.5) is 0 Å². The van der Waals surface area contributed by atoms with E-state index in [9.17, 15) is 5.26 Å². The molecule has 0 N–H and O–H groups in total. The first-order valence-corrected chi connectivity index (χ1v) is 18.7. The second-order valence-corrected chi connectivity index (χ2v) is 13.7. The highest BCUT2D eigenvalue weighted by atomic mass is 15.0. The molecule has 7 nitrogen and oxygen atoms in total. The third kappa shape index (κ3) is 6.27. The van der Waals surface area contributed by atoms with Gasteiger partial charge in [0.15, 0.2) is 23.3 Å². The number of para-hydroxylation sites is 1. The topological polar surface area (TPSA) is 93.2 Å². The molecule has 0 amide bonds. The van der Waals surface area contributed by atoms with Crippen LogP contribution >= 0.6 is 0 Å². The molecule has 0 bridgehead atoms. The van der Waals surface area contributed by atoms with Gasteiger partial charge in [-0.3, -0.25) is 0 Å². The van der Waals surface area contributed by atoms with Gasteiger partial charge in [0.05, 0.1) is 39.7 Å². The summed E-state index contributed by atoms with van der Waals surface area (Å²) in [6, 6.07) is 65.1. The van der Waals surface area contributed by atoms with Crippen molar-refractivity contribution < 1.29 is 0 Å². The van der Waals surface area contributed by atoms with Gasteiger partial charge in [0.25, 0.3) is 0 Å². The number of benzene rings is 7. The highest BCUT2D eigenvalue weighted by molar-refractivity contribution is 6.10. The van der Waals surface area contributed by atoms with Gasteiger partial charge in [-0.05, 0) is 48.5 Å².